The van der Waals surface area contributed by atoms with Gasteiger partial charge in [0.2, 0.25) is 0 Å². The zero-order valence-corrected chi connectivity index (χ0v) is 11.9. The molecule has 0 amide bonds. The number of carbonyl (C=O) groups is 1. The molecule has 0 aliphatic carbocycles. The molecule has 1 aromatic carbocycles. The number of hydrogen-bond acceptors (Lipinski definition) is 4. The van der Waals surface area contributed by atoms with Crippen molar-refractivity contribution in [1.82, 2.24) is 5.32 Å². The van der Waals surface area contributed by atoms with Crippen LogP contribution in [0.15, 0.2) is 24.3 Å². The molecule has 4 nitrogen and oxygen atoms in total. The van der Waals surface area contributed by atoms with Crippen molar-refractivity contribution in [1.29, 1.82) is 0 Å². The van der Waals surface area contributed by atoms with Gasteiger partial charge in [-0.3, -0.25) is 4.79 Å². The van der Waals surface area contributed by atoms with E-state index in [0.717, 1.165) is 18.7 Å². The van der Waals surface area contributed by atoms with Crippen LogP contribution in [0.2, 0.25) is 0 Å². The number of methoxy groups -OCH3 is 1. The molecule has 0 aliphatic heterocycles. The van der Waals surface area contributed by atoms with Gasteiger partial charge in [-0.25, -0.2) is 0 Å². The van der Waals surface area contributed by atoms with Gasteiger partial charge in [0.1, 0.15) is 5.75 Å². The van der Waals surface area contributed by atoms with E-state index in [1.807, 2.05) is 32.0 Å². The summed E-state index contributed by atoms with van der Waals surface area (Å²) < 4.78 is 10.1. The Kier molecular flexibility index (Phi) is 6.97. The van der Waals surface area contributed by atoms with Gasteiger partial charge in [0.15, 0.2) is 0 Å². The number of ether oxygens (including phenoxy) is 2. The molecule has 1 atom stereocenters. The lowest BCUT2D eigenvalue weighted by Gasteiger charge is -2.13. The summed E-state index contributed by atoms with van der Waals surface area (Å²) in [6.07, 6.45) is 1.32. The summed E-state index contributed by atoms with van der Waals surface area (Å²) in [5, 5.41) is 3.32. The largest absolute Gasteiger partial charge is 0.497 e. The number of carbonyl (C=O) groups excluding carboxylic acids is 1. The minimum atomic E-state index is -0.149. The van der Waals surface area contributed by atoms with E-state index >= 15 is 0 Å². The molecule has 0 aromatic heterocycles. The summed E-state index contributed by atoms with van der Waals surface area (Å²) in [6, 6.07) is 8.14. The fourth-order valence-corrected chi connectivity index (χ4v) is 1.83. The van der Waals surface area contributed by atoms with Gasteiger partial charge < -0.3 is 14.8 Å². The first-order chi connectivity index (χ1) is 9.15. The average molecular weight is 265 g/mol. The summed E-state index contributed by atoms with van der Waals surface area (Å²) in [5.41, 5.74) is 1.22. The van der Waals surface area contributed by atoms with Crippen LogP contribution in [0.4, 0.5) is 0 Å². The Morgan fingerprint density at radius 3 is 2.89 bits per heavy atom. The highest BCUT2D eigenvalue weighted by molar-refractivity contribution is 5.69. The van der Waals surface area contributed by atoms with Crippen LogP contribution in [0, 0.1) is 0 Å². The van der Waals surface area contributed by atoms with Gasteiger partial charge in [-0.15, -0.1) is 0 Å². The van der Waals surface area contributed by atoms with E-state index in [2.05, 4.69) is 11.4 Å². The van der Waals surface area contributed by atoms with Crippen molar-refractivity contribution in [3.63, 3.8) is 0 Å². The quantitative estimate of drug-likeness (QED) is 0.732. The molecule has 0 fully saturated rings. The van der Waals surface area contributed by atoms with Crippen molar-refractivity contribution in [3.8, 4) is 5.75 Å². The highest BCUT2D eigenvalue weighted by atomic mass is 16.5. The molecular formula is C15H23NO3. The second-order valence-corrected chi connectivity index (χ2v) is 4.47. The van der Waals surface area contributed by atoms with Crippen molar-refractivity contribution in [2.24, 2.45) is 0 Å². The Morgan fingerprint density at radius 1 is 1.42 bits per heavy atom. The van der Waals surface area contributed by atoms with Crippen LogP contribution in [0.3, 0.4) is 0 Å². The predicted molar refractivity (Wildman–Crippen MR) is 75.4 cm³/mol. The Labute approximate surface area is 115 Å². The van der Waals surface area contributed by atoms with Crippen LogP contribution < -0.4 is 10.1 Å². The molecule has 106 valence electrons. The third-order valence-electron chi connectivity index (χ3n) is 2.82. The molecular weight excluding hydrogens is 242 g/mol. The van der Waals surface area contributed by atoms with Crippen LogP contribution in [-0.4, -0.2) is 32.3 Å². The second-order valence-electron chi connectivity index (χ2n) is 4.47. The maximum absolute atomic E-state index is 11.3. The fourth-order valence-electron chi connectivity index (χ4n) is 1.83. The molecule has 1 unspecified atom stereocenters. The number of nitrogens with one attached hydrogen (secondary N) is 1. The van der Waals surface area contributed by atoms with Crippen molar-refractivity contribution in [2.45, 2.75) is 32.7 Å². The standard InChI is InChI=1S/C15H23NO3/c1-4-19-15(17)10-12(2)16-9-8-13-6-5-7-14(11-13)18-3/h5-7,11-12,16H,4,8-10H2,1-3H3. The SMILES string of the molecule is CCOC(=O)CC(C)NCCc1cccc(OC)c1. The normalized spacial score (nSPS) is 11.9. The van der Waals surface area contributed by atoms with Crippen LogP contribution in [-0.2, 0) is 16.0 Å². The first-order valence-electron chi connectivity index (χ1n) is 6.67. The van der Waals surface area contributed by atoms with E-state index in [-0.39, 0.29) is 12.0 Å². The first kappa shape index (κ1) is 15.5. The Hall–Kier alpha value is -1.55. The van der Waals surface area contributed by atoms with Gasteiger partial charge in [-0.2, -0.15) is 0 Å². The van der Waals surface area contributed by atoms with Crippen molar-refractivity contribution in [3.05, 3.63) is 29.8 Å². The molecule has 0 aliphatic rings. The van der Waals surface area contributed by atoms with E-state index in [4.69, 9.17) is 9.47 Å². The third kappa shape index (κ3) is 6.25. The Morgan fingerprint density at radius 2 is 2.21 bits per heavy atom. The zero-order valence-electron chi connectivity index (χ0n) is 11.9. The van der Waals surface area contributed by atoms with Gasteiger partial charge >= 0.3 is 5.97 Å². The second kappa shape index (κ2) is 8.53. The van der Waals surface area contributed by atoms with Gasteiger partial charge in [0.25, 0.3) is 0 Å². The van der Waals surface area contributed by atoms with E-state index in [1.54, 1.807) is 7.11 Å². The lowest BCUT2D eigenvalue weighted by molar-refractivity contribution is -0.143. The topological polar surface area (TPSA) is 47.6 Å². The molecule has 4 heteroatoms. The molecule has 0 bridgehead atoms. The average Bonchev–Trinajstić information content (AvgIpc) is 2.39. The van der Waals surface area contributed by atoms with Gasteiger partial charge in [-0.1, -0.05) is 12.1 Å². The molecule has 1 N–H and O–H groups in total. The molecule has 1 rings (SSSR count). The molecule has 0 radical (unpaired) electrons. The molecule has 0 saturated carbocycles. The lowest BCUT2D eigenvalue weighted by atomic mass is 10.1. The van der Waals surface area contributed by atoms with Gasteiger partial charge in [0, 0.05) is 6.04 Å². The summed E-state index contributed by atoms with van der Waals surface area (Å²) in [7, 11) is 1.67. The molecule has 0 heterocycles. The summed E-state index contributed by atoms with van der Waals surface area (Å²) in [6.45, 7) is 5.07. The third-order valence-corrected chi connectivity index (χ3v) is 2.82. The monoisotopic (exact) mass is 265 g/mol. The highest BCUT2D eigenvalue weighted by Gasteiger charge is 2.08. The van der Waals surface area contributed by atoms with Crippen LogP contribution >= 0.6 is 0 Å². The van der Waals surface area contributed by atoms with Crippen molar-refractivity contribution < 1.29 is 14.3 Å². The van der Waals surface area contributed by atoms with Crippen LogP contribution in [0.1, 0.15) is 25.8 Å². The van der Waals surface area contributed by atoms with Gasteiger partial charge in [0.05, 0.1) is 20.1 Å². The summed E-state index contributed by atoms with van der Waals surface area (Å²) in [5.74, 6) is 0.723. The molecule has 19 heavy (non-hydrogen) atoms. The Bertz CT molecular complexity index is 393. The predicted octanol–water partition coefficient (Wildman–Crippen LogP) is 2.17. The Balaban J connectivity index is 2.27. The molecule has 0 spiro atoms. The van der Waals surface area contributed by atoms with E-state index in [0.29, 0.717) is 13.0 Å². The van der Waals surface area contributed by atoms with Crippen LogP contribution in [0.5, 0.6) is 5.75 Å². The molecule has 1 aromatic rings. The fraction of sp³-hybridized carbons (Fsp3) is 0.533. The van der Waals surface area contributed by atoms with Crippen LogP contribution in [0.25, 0.3) is 0 Å². The van der Waals surface area contributed by atoms with E-state index in [9.17, 15) is 4.79 Å². The van der Waals surface area contributed by atoms with E-state index < -0.39 is 0 Å². The van der Waals surface area contributed by atoms with Gasteiger partial charge in [-0.05, 0) is 44.5 Å². The van der Waals surface area contributed by atoms with Crippen molar-refractivity contribution in [2.75, 3.05) is 20.3 Å². The summed E-state index contributed by atoms with van der Waals surface area (Å²) >= 11 is 0. The maximum Gasteiger partial charge on any atom is 0.307 e. The highest BCUT2D eigenvalue weighted by Crippen LogP contribution is 2.12. The number of rotatable bonds is 8. The molecule has 0 saturated heterocycles. The number of esters is 1. The summed E-state index contributed by atoms with van der Waals surface area (Å²) in [4.78, 5) is 11.3. The lowest BCUT2D eigenvalue weighted by Crippen LogP contribution is -2.30. The number of hydrogen-bond donors (Lipinski definition) is 1. The minimum Gasteiger partial charge on any atom is -0.497 e. The minimum absolute atomic E-state index is 0.129. The smallest absolute Gasteiger partial charge is 0.307 e. The van der Waals surface area contributed by atoms with E-state index in [1.165, 1.54) is 5.56 Å². The number of benzene rings is 1. The zero-order chi connectivity index (χ0) is 14.1. The maximum atomic E-state index is 11.3. The van der Waals surface area contributed by atoms with Crippen molar-refractivity contribution >= 4 is 5.97 Å². The first-order valence-corrected chi connectivity index (χ1v) is 6.67.